The fraction of sp³-hybridized carbons (Fsp3) is 0.316. The molecule has 8 nitrogen and oxygen atoms in total. The van der Waals surface area contributed by atoms with Gasteiger partial charge in [0.15, 0.2) is 0 Å². The molecule has 0 saturated carbocycles. The van der Waals surface area contributed by atoms with Crippen molar-refractivity contribution in [2.24, 2.45) is 0 Å². The first-order valence-electron chi connectivity index (χ1n) is 8.47. The summed E-state index contributed by atoms with van der Waals surface area (Å²) in [6.07, 6.45) is 0.876. The van der Waals surface area contributed by atoms with Gasteiger partial charge in [0.2, 0.25) is 0 Å². The van der Waals surface area contributed by atoms with Crippen LogP contribution in [0, 0.1) is 21.4 Å². The van der Waals surface area contributed by atoms with E-state index < -0.39 is 4.92 Å². The molecule has 140 valence electrons. The highest BCUT2D eigenvalue weighted by molar-refractivity contribution is 5.63. The molecule has 0 spiro atoms. The number of methoxy groups -OCH3 is 2. The van der Waals surface area contributed by atoms with E-state index in [1.807, 2.05) is 24.3 Å². The number of ether oxygens (including phenoxy) is 2. The third-order valence-corrected chi connectivity index (χ3v) is 4.58. The van der Waals surface area contributed by atoms with Crippen LogP contribution < -0.4 is 19.7 Å². The summed E-state index contributed by atoms with van der Waals surface area (Å²) in [6.45, 7) is 1.57. The molecule has 1 atom stereocenters. The van der Waals surface area contributed by atoms with Gasteiger partial charge in [-0.15, -0.1) is 0 Å². The van der Waals surface area contributed by atoms with Gasteiger partial charge in [-0.3, -0.25) is 10.1 Å². The van der Waals surface area contributed by atoms with Gasteiger partial charge in [0, 0.05) is 55.2 Å². The van der Waals surface area contributed by atoms with Crippen molar-refractivity contribution >= 4 is 17.1 Å². The third kappa shape index (κ3) is 4.03. The third-order valence-electron chi connectivity index (χ3n) is 4.58. The van der Waals surface area contributed by atoms with Gasteiger partial charge in [-0.2, -0.15) is 5.26 Å². The molecule has 1 saturated heterocycles. The Labute approximate surface area is 157 Å². The van der Waals surface area contributed by atoms with Crippen LogP contribution in [0.2, 0.25) is 0 Å². The highest BCUT2D eigenvalue weighted by Crippen LogP contribution is 2.31. The molecular formula is C19H20N4O4. The standard InChI is InChI=1S/C19H20N4O4/c1-26-17-8-16(9-18(10-17)27-2)22-6-5-14(12-22)21-19-4-3-15(23(24)25)7-13(19)11-20/h3-4,7-10,14,21H,5-6,12H2,1-2H3. The van der Waals surface area contributed by atoms with Crippen LogP contribution in [0.3, 0.4) is 0 Å². The molecule has 0 radical (unpaired) electrons. The molecule has 1 aliphatic rings. The van der Waals surface area contributed by atoms with E-state index in [0.29, 0.717) is 5.69 Å². The first-order chi connectivity index (χ1) is 13.0. The first-order valence-corrected chi connectivity index (χ1v) is 8.47. The number of nitriles is 1. The molecule has 3 rings (SSSR count). The van der Waals surface area contributed by atoms with Gasteiger partial charge in [-0.25, -0.2) is 0 Å². The second-order valence-corrected chi connectivity index (χ2v) is 6.25. The Bertz CT molecular complexity index is 872. The van der Waals surface area contributed by atoms with E-state index >= 15 is 0 Å². The van der Waals surface area contributed by atoms with Crippen molar-refractivity contribution < 1.29 is 14.4 Å². The summed E-state index contributed by atoms with van der Waals surface area (Å²) in [6, 6.07) is 12.2. The van der Waals surface area contributed by atoms with Crippen LogP contribution in [0.15, 0.2) is 36.4 Å². The summed E-state index contributed by atoms with van der Waals surface area (Å²) in [4.78, 5) is 12.6. The molecule has 1 unspecified atom stereocenters. The molecule has 0 amide bonds. The Morgan fingerprint density at radius 1 is 1.22 bits per heavy atom. The molecule has 0 bridgehead atoms. The summed E-state index contributed by atoms with van der Waals surface area (Å²) in [5.41, 5.74) is 1.79. The molecule has 1 aliphatic heterocycles. The van der Waals surface area contributed by atoms with Crippen LogP contribution in [0.1, 0.15) is 12.0 Å². The predicted molar refractivity (Wildman–Crippen MR) is 102 cm³/mol. The maximum atomic E-state index is 10.9. The van der Waals surface area contributed by atoms with E-state index in [1.165, 1.54) is 12.1 Å². The molecule has 2 aromatic carbocycles. The number of hydrogen-bond acceptors (Lipinski definition) is 7. The Hall–Kier alpha value is -3.47. The van der Waals surface area contributed by atoms with Crippen molar-refractivity contribution in [2.45, 2.75) is 12.5 Å². The molecular weight excluding hydrogens is 348 g/mol. The number of anilines is 2. The molecule has 27 heavy (non-hydrogen) atoms. The first kappa shape index (κ1) is 18.3. The average molecular weight is 368 g/mol. The van der Waals surface area contributed by atoms with Crippen LogP contribution in [0.4, 0.5) is 17.1 Å². The van der Waals surface area contributed by atoms with Crippen molar-refractivity contribution in [3.05, 3.63) is 52.1 Å². The van der Waals surface area contributed by atoms with Crippen LogP contribution in [0.25, 0.3) is 0 Å². The zero-order chi connectivity index (χ0) is 19.4. The van der Waals surface area contributed by atoms with Gasteiger partial charge in [-0.05, 0) is 12.5 Å². The number of non-ortho nitro benzene ring substituents is 1. The van der Waals surface area contributed by atoms with Crippen molar-refractivity contribution in [3.63, 3.8) is 0 Å². The quantitative estimate of drug-likeness (QED) is 0.617. The molecule has 0 aliphatic carbocycles. The van der Waals surface area contributed by atoms with E-state index in [9.17, 15) is 15.4 Å². The normalized spacial score (nSPS) is 15.9. The molecule has 1 fully saturated rings. The van der Waals surface area contributed by atoms with Crippen molar-refractivity contribution in [1.82, 2.24) is 0 Å². The highest BCUT2D eigenvalue weighted by atomic mass is 16.6. The minimum absolute atomic E-state index is 0.0892. The van der Waals surface area contributed by atoms with E-state index in [1.54, 1.807) is 20.3 Å². The van der Waals surface area contributed by atoms with Gasteiger partial charge in [0.25, 0.3) is 5.69 Å². The van der Waals surface area contributed by atoms with Crippen molar-refractivity contribution in [1.29, 1.82) is 5.26 Å². The van der Waals surface area contributed by atoms with E-state index in [-0.39, 0.29) is 17.3 Å². The highest BCUT2D eigenvalue weighted by Gasteiger charge is 2.24. The van der Waals surface area contributed by atoms with Gasteiger partial charge in [0.1, 0.15) is 17.6 Å². The van der Waals surface area contributed by atoms with Crippen molar-refractivity contribution in [3.8, 4) is 17.6 Å². The number of nitro groups is 1. The van der Waals surface area contributed by atoms with Crippen molar-refractivity contribution in [2.75, 3.05) is 37.5 Å². The van der Waals surface area contributed by atoms with Gasteiger partial charge in [0.05, 0.1) is 30.4 Å². The largest absolute Gasteiger partial charge is 0.497 e. The van der Waals surface area contributed by atoms with Gasteiger partial charge in [-0.1, -0.05) is 0 Å². The van der Waals surface area contributed by atoms with Crippen LogP contribution in [0.5, 0.6) is 11.5 Å². The minimum atomic E-state index is -0.502. The monoisotopic (exact) mass is 368 g/mol. The summed E-state index contributed by atoms with van der Waals surface area (Å²) in [7, 11) is 3.23. The fourth-order valence-corrected chi connectivity index (χ4v) is 3.17. The van der Waals surface area contributed by atoms with Gasteiger partial charge >= 0.3 is 0 Å². The topological polar surface area (TPSA) is 101 Å². The lowest BCUT2D eigenvalue weighted by Gasteiger charge is -2.21. The van der Waals surface area contributed by atoms with Gasteiger partial charge < -0.3 is 19.7 Å². The number of nitrogens with zero attached hydrogens (tertiary/aromatic N) is 3. The Kier molecular flexibility index (Phi) is 5.31. The molecule has 0 aromatic heterocycles. The number of rotatable bonds is 6. The summed E-state index contributed by atoms with van der Waals surface area (Å²) >= 11 is 0. The Balaban J connectivity index is 1.74. The van der Waals surface area contributed by atoms with Crippen LogP contribution in [-0.4, -0.2) is 38.3 Å². The zero-order valence-corrected chi connectivity index (χ0v) is 15.1. The SMILES string of the molecule is COc1cc(OC)cc(N2CCC(Nc3ccc([N+](=O)[O-])cc3C#N)C2)c1. The van der Waals surface area contributed by atoms with E-state index in [4.69, 9.17) is 9.47 Å². The number of benzene rings is 2. The minimum Gasteiger partial charge on any atom is -0.497 e. The summed E-state index contributed by atoms with van der Waals surface area (Å²) in [5.74, 6) is 1.45. The number of nitrogens with one attached hydrogen (secondary N) is 1. The summed E-state index contributed by atoms with van der Waals surface area (Å²) in [5, 5.41) is 23.5. The predicted octanol–water partition coefficient (Wildman–Crippen LogP) is 3.17. The maximum Gasteiger partial charge on any atom is 0.270 e. The average Bonchev–Trinajstić information content (AvgIpc) is 3.16. The van der Waals surface area contributed by atoms with Crippen LogP contribution >= 0.6 is 0 Å². The maximum absolute atomic E-state index is 10.9. The molecule has 1 heterocycles. The van der Waals surface area contributed by atoms with E-state index in [0.717, 1.165) is 36.7 Å². The molecule has 2 aromatic rings. The zero-order valence-electron chi connectivity index (χ0n) is 15.1. The lowest BCUT2D eigenvalue weighted by Crippen LogP contribution is -2.26. The Morgan fingerprint density at radius 3 is 2.52 bits per heavy atom. The van der Waals surface area contributed by atoms with Crippen LogP contribution in [-0.2, 0) is 0 Å². The lowest BCUT2D eigenvalue weighted by molar-refractivity contribution is -0.384. The molecule has 1 N–H and O–H groups in total. The number of nitro benzene ring substituents is 1. The lowest BCUT2D eigenvalue weighted by atomic mass is 10.1. The number of hydrogen-bond donors (Lipinski definition) is 1. The molecule has 8 heteroatoms. The summed E-state index contributed by atoms with van der Waals surface area (Å²) < 4.78 is 10.7. The van der Waals surface area contributed by atoms with E-state index in [2.05, 4.69) is 10.2 Å². The fourth-order valence-electron chi connectivity index (χ4n) is 3.17. The second kappa shape index (κ2) is 7.83. The second-order valence-electron chi connectivity index (χ2n) is 6.25. The smallest absolute Gasteiger partial charge is 0.270 e. The Morgan fingerprint density at radius 2 is 1.93 bits per heavy atom.